The van der Waals surface area contributed by atoms with E-state index in [1.807, 2.05) is 0 Å². The Morgan fingerprint density at radius 2 is 2.35 bits per heavy atom. The molecule has 0 radical (unpaired) electrons. The summed E-state index contributed by atoms with van der Waals surface area (Å²) in [5, 5.41) is 13.2. The van der Waals surface area contributed by atoms with Crippen molar-refractivity contribution < 1.29 is 13.7 Å². The number of piperidine rings is 1. The number of hydrogen-bond donors (Lipinski definition) is 2. The van der Waals surface area contributed by atoms with E-state index in [1.54, 1.807) is 29.4 Å². The lowest BCUT2D eigenvalue weighted by Gasteiger charge is -2.30. The van der Waals surface area contributed by atoms with E-state index in [0.717, 1.165) is 12.8 Å². The first-order valence-electron chi connectivity index (χ1n) is 8.33. The quantitative estimate of drug-likeness (QED) is 0.751. The number of hydrogen-bond acceptors (Lipinski definition) is 5. The zero-order valence-corrected chi connectivity index (χ0v) is 13.9. The number of benzene rings is 1. The third-order valence-corrected chi connectivity index (χ3v) is 4.33. The molecule has 0 unspecified atom stereocenters. The highest BCUT2D eigenvalue weighted by Crippen LogP contribution is 2.28. The van der Waals surface area contributed by atoms with Crippen molar-refractivity contribution in [2.75, 3.05) is 18.4 Å². The number of amides is 2. The van der Waals surface area contributed by atoms with E-state index in [1.165, 1.54) is 12.1 Å². The number of carbonyl (C=O) groups excluding carboxylic acids is 1. The van der Waals surface area contributed by atoms with Gasteiger partial charge in [-0.05, 0) is 25.0 Å². The van der Waals surface area contributed by atoms with Gasteiger partial charge in [-0.1, -0.05) is 17.3 Å². The lowest BCUT2D eigenvalue weighted by molar-refractivity contribution is 0.184. The Hall–Kier alpha value is -3.23. The van der Waals surface area contributed by atoms with Gasteiger partial charge in [-0.15, -0.1) is 0 Å². The number of carbonyl (C=O) groups is 1. The molecule has 26 heavy (non-hydrogen) atoms. The molecule has 9 heteroatoms. The first-order chi connectivity index (χ1) is 12.7. The highest BCUT2D eigenvalue weighted by molar-refractivity contribution is 5.89. The van der Waals surface area contributed by atoms with Crippen LogP contribution < -0.4 is 5.32 Å². The molecule has 2 N–H and O–H groups in total. The average molecular weight is 356 g/mol. The molecule has 1 aliphatic rings. The van der Waals surface area contributed by atoms with Crippen molar-refractivity contribution in [1.29, 1.82) is 0 Å². The van der Waals surface area contributed by atoms with Crippen molar-refractivity contribution in [2.24, 2.45) is 0 Å². The highest BCUT2D eigenvalue weighted by atomic mass is 19.1. The van der Waals surface area contributed by atoms with Crippen LogP contribution in [0.5, 0.6) is 0 Å². The number of likely N-dealkylation sites (tertiary alicyclic amines) is 1. The minimum atomic E-state index is -0.353. The van der Waals surface area contributed by atoms with Crippen molar-refractivity contribution >= 4 is 11.7 Å². The maximum atomic E-state index is 13.4. The summed E-state index contributed by atoms with van der Waals surface area (Å²) in [7, 11) is 0. The van der Waals surface area contributed by atoms with Gasteiger partial charge < -0.3 is 14.7 Å². The topological polar surface area (TPSA) is 99.9 Å². The fourth-order valence-electron chi connectivity index (χ4n) is 3.03. The minimum absolute atomic E-state index is 0.0475. The van der Waals surface area contributed by atoms with Gasteiger partial charge in [0.25, 0.3) is 0 Å². The summed E-state index contributed by atoms with van der Waals surface area (Å²) < 4.78 is 18.7. The number of aromatic nitrogens is 4. The van der Waals surface area contributed by atoms with Crippen LogP contribution >= 0.6 is 0 Å². The Labute approximate surface area is 148 Å². The number of halogens is 1. The zero-order valence-electron chi connectivity index (χ0n) is 13.9. The van der Waals surface area contributed by atoms with Gasteiger partial charge in [-0.25, -0.2) is 9.18 Å². The van der Waals surface area contributed by atoms with Crippen LogP contribution in [-0.4, -0.2) is 44.4 Å². The van der Waals surface area contributed by atoms with E-state index in [-0.39, 0.29) is 17.8 Å². The molecule has 2 amide bonds. The smallest absolute Gasteiger partial charge is 0.321 e. The third kappa shape index (κ3) is 3.41. The molecular weight excluding hydrogens is 339 g/mol. The summed E-state index contributed by atoms with van der Waals surface area (Å²) in [5.74, 6) is 0.409. The summed E-state index contributed by atoms with van der Waals surface area (Å²) in [6.07, 6.45) is 4.84. The normalized spacial score (nSPS) is 17.3. The molecule has 0 aliphatic carbocycles. The Morgan fingerprint density at radius 1 is 1.42 bits per heavy atom. The molecule has 1 aromatic carbocycles. The molecule has 0 bridgehead atoms. The number of nitrogens with zero attached hydrogens (tertiary/aromatic N) is 4. The van der Waals surface area contributed by atoms with Gasteiger partial charge in [0.2, 0.25) is 11.7 Å². The number of aromatic amines is 1. The molecule has 2 aromatic heterocycles. The summed E-state index contributed by atoms with van der Waals surface area (Å²) in [6, 6.07) is 5.86. The monoisotopic (exact) mass is 356 g/mol. The lowest BCUT2D eigenvalue weighted by Crippen LogP contribution is -2.41. The first-order valence-corrected chi connectivity index (χ1v) is 8.33. The highest BCUT2D eigenvalue weighted by Gasteiger charge is 2.29. The number of anilines is 1. The van der Waals surface area contributed by atoms with E-state index in [4.69, 9.17) is 4.52 Å². The maximum absolute atomic E-state index is 13.4. The second kappa shape index (κ2) is 6.95. The van der Waals surface area contributed by atoms with Crippen molar-refractivity contribution in [3.63, 3.8) is 0 Å². The Morgan fingerprint density at radius 3 is 3.15 bits per heavy atom. The molecule has 134 valence electrons. The van der Waals surface area contributed by atoms with E-state index < -0.39 is 0 Å². The van der Waals surface area contributed by atoms with Crippen LogP contribution in [0.4, 0.5) is 14.9 Å². The van der Waals surface area contributed by atoms with Crippen LogP contribution in [0.2, 0.25) is 0 Å². The summed E-state index contributed by atoms with van der Waals surface area (Å²) in [6.45, 7) is 1.14. The van der Waals surface area contributed by atoms with Gasteiger partial charge in [-0.3, -0.25) is 5.10 Å². The number of H-pyrrole nitrogens is 1. The van der Waals surface area contributed by atoms with Crippen LogP contribution in [0, 0.1) is 5.82 Å². The van der Waals surface area contributed by atoms with Gasteiger partial charge in [0.1, 0.15) is 5.82 Å². The van der Waals surface area contributed by atoms with Crippen molar-refractivity contribution in [2.45, 2.75) is 18.8 Å². The zero-order chi connectivity index (χ0) is 17.9. The van der Waals surface area contributed by atoms with E-state index in [9.17, 15) is 9.18 Å². The maximum Gasteiger partial charge on any atom is 0.321 e. The Bertz CT molecular complexity index is 894. The molecule has 0 saturated carbocycles. The molecule has 8 nitrogen and oxygen atoms in total. The van der Waals surface area contributed by atoms with Crippen LogP contribution in [0.15, 0.2) is 41.2 Å². The second-order valence-electron chi connectivity index (χ2n) is 6.17. The van der Waals surface area contributed by atoms with Crippen molar-refractivity contribution in [3.8, 4) is 11.4 Å². The molecular formula is C17H17FN6O2. The average Bonchev–Trinajstić information content (AvgIpc) is 3.34. The van der Waals surface area contributed by atoms with Crippen LogP contribution in [0.3, 0.4) is 0 Å². The van der Waals surface area contributed by atoms with Crippen molar-refractivity contribution in [1.82, 2.24) is 25.2 Å². The van der Waals surface area contributed by atoms with Crippen LogP contribution in [0.25, 0.3) is 11.4 Å². The predicted octanol–water partition coefficient (Wildman–Crippen LogP) is 3.01. The van der Waals surface area contributed by atoms with Gasteiger partial charge >= 0.3 is 6.03 Å². The standard InChI is InChI=1S/C17H17FN6O2/c18-13-5-1-3-11(7-13)15-22-16(26-23-15)12-4-2-6-24(10-12)17(25)21-14-8-19-20-9-14/h1,3,5,7-9,12H,2,4,6,10H2,(H,19,20)(H,21,25)/t12-/m1/s1. The molecule has 1 fully saturated rings. The number of rotatable bonds is 3. The Kier molecular flexibility index (Phi) is 4.34. The molecule has 3 heterocycles. The van der Waals surface area contributed by atoms with Gasteiger partial charge in [-0.2, -0.15) is 10.1 Å². The summed E-state index contributed by atoms with van der Waals surface area (Å²) in [4.78, 5) is 18.5. The molecule has 4 rings (SSSR count). The van der Waals surface area contributed by atoms with Crippen LogP contribution in [0.1, 0.15) is 24.7 Å². The molecule has 3 aromatic rings. The number of urea groups is 1. The minimum Gasteiger partial charge on any atom is -0.339 e. The fraction of sp³-hybridized carbons (Fsp3) is 0.294. The van der Waals surface area contributed by atoms with E-state index in [0.29, 0.717) is 36.1 Å². The fourth-order valence-corrected chi connectivity index (χ4v) is 3.03. The molecule has 1 atom stereocenters. The second-order valence-corrected chi connectivity index (χ2v) is 6.17. The third-order valence-electron chi connectivity index (χ3n) is 4.33. The summed E-state index contributed by atoms with van der Waals surface area (Å²) in [5.41, 5.74) is 1.17. The van der Waals surface area contributed by atoms with Crippen LogP contribution in [-0.2, 0) is 0 Å². The first kappa shape index (κ1) is 16.2. The van der Waals surface area contributed by atoms with Gasteiger partial charge in [0.05, 0.1) is 17.8 Å². The predicted molar refractivity (Wildman–Crippen MR) is 90.8 cm³/mol. The number of nitrogens with one attached hydrogen (secondary N) is 2. The molecule has 1 saturated heterocycles. The lowest BCUT2D eigenvalue weighted by atomic mass is 9.98. The van der Waals surface area contributed by atoms with E-state index >= 15 is 0 Å². The Balaban J connectivity index is 1.45. The largest absolute Gasteiger partial charge is 0.339 e. The van der Waals surface area contributed by atoms with Gasteiger partial charge in [0.15, 0.2) is 0 Å². The SMILES string of the molecule is O=C(Nc1cn[nH]c1)N1CCC[C@@H](c2nc(-c3cccc(F)c3)no2)C1. The molecule has 0 spiro atoms. The molecule has 1 aliphatic heterocycles. The van der Waals surface area contributed by atoms with Gasteiger partial charge in [0, 0.05) is 24.8 Å². The van der Waals surface area contributed by atoms with E-state index in [2.05, 4.69) is 25.7 Å². The van der Waals surface area contributed by atoms with Crippen molar-refractivity contribution in [3.05, 3.63) is 48.4 Å². The summed E-state index contributed by atoms with van der Waals surface area (Å²) >= 11 is 0.